The van der Waals surface area contributed by atoms with E-state index in [1.54, 1.807) is 6.92 Å². The van der Waals surface area contributed by atoms with Crippen molar-refractivity contribution in [1.82, 2.24) is 4.98 Å². The van der Waals surface area contributed by atoms with Gasteiger partial charge in [0.25, 0.3) is 0 Å². The van der Waals surface area contributed by atoms with Crippen LogP contribution in [0.15, 0.2) is 40.8 Å². The van der Waals surface area contributed by atoms with Crippen LogP contribution >= 0.6 is 11.3 Å². The van der Waals surface area contributed by atoms with Gasteiger partial charge in [-0.15, -0.1) is 11.3 Å². The van der Waals surface area contributed by atoms with E-state index in [-0.39, 0.29) is 5.76 Å². The summed E-state index contributed by atoms with van der Waals surface area (Å²) in [6.45, 7) is 1.69. The molecule has 1 aromatic carbocycles. The van der Waals surface area contributed by atoms with Crippen LogP contribution in [0.1, 0.15) is 28.6 Å². The Hall–Kier alpha value is -2.74. The van der Waals surface area contributed by atoms with Gasteiger partial charge in [0, 0.05) is 0 Å². The van der Waals surface area contributed by atoms with Crippen LogP contribution < -0.4 is 0 Å². The number of nitrogens with zero attached hydrogens (tertiary/aromatic N) is 2. The second kappa shape index (κ2) is 5.57. The number of benzene rings is 1. The Kier molecular flexibility index (Phi) is 3.60. The van der Waals surface area contributed by atoms with Crippen LogP contribution in [0.25, 0.3) is 10.2 Å². The van der Waals surface area contributed by atoms with Crippen molar-refractivity contribution in [2.45, 2.75) is 13.0 Å². The Morgan fingerprint density at radius 2 is 2.14 bits per heavy atom. The van der Waals surface area contributed by atoms with Crippen LogP contribution in [-0.2, 0) is 4.74 Å². The lowest BCUT2D eigenvalue weighted by Gasteiger charge is -2.08. The lowest BCUT2D eigenvalue weighted by molar-refractivity contribution is -0.402. The maximum absolute atomic E-state index is 11.9. The summed E-state index contributed by atoms with van der Waals surface area (Å²) >= 11 is 1.43. The molecule has 0 N–H and O–H groups in total. The molecule has 0 spiro atoms. The fraction of sp³-hybridized carbons (Fsp3) is 0.143. The number of carbonyl (C=O) groups excluding carboxylic acids is 1. The summed E-state index contributed by atoms with van der Waals surface area (Å²) in [5.41, 5.74) is 0.832. The third-order valence-electron chi connectivity index (χ3n) is 2.91. The molecule has 0 fully saturated rings. The summed E-state index contributed by atoms with van der Waals surface area (Å²) in [4.78, 5) is 26.1. The van der Waals surface area contributed by atoms with Gasteiger partial charge in [0.05, 0.1) is 16.3 Å². The van der Waals surface area contributed by atoms with Gasteiger partial charge in [-0.2, -0.15) is 0 Å². The van der Waals surface area contributed by atoms with E-state index >= 15 is 0 Å². The van der Waals surface area contributed by atoms with Crippen molar-refractivity contribution in [3.8, 4) is 0 Å². The SMILES string of the molecule is C[C@@H](OC(=O)c1ccc([N+](=O)[O-])o1)c1nc2ccccc2s1. The number of furan rings is 1. The minimum atomic E-state index is -0.764. The lowest BCUT2D eigenvalue weighted by Crippen LogP contribution is -2.08. The fourth-order valence-electron chi connectivity index (χ4n) is 1.87. The number of aromatic nitrogens is 1. The minimum absolute atomic E-state index is 0.209. The monoisotopic (exact) mass is 318 g/mol. The Labute approximate surface area is 128 Å². The fourth-order valence-corrected chi connectivity index (χ4v) is 2.82. The van der Waals surface area contributed by atoms with Gasteiger partial charge in [0.2, 0.25) is 5.76 Å². The highest BCUT2D eigenvalue weighted by atomic mass is 32.1. The largest absolute Gasteiger partial charge is 0.449 e. The number of fused-ring (bicyclic) bond motifs is 1. The predicted octanol–water partition coefficient (Wildman–Crippen LogP) is 3.72. The summed E-state index contributed by atoms with van der Waals surface area (Å²) in [5, 5.41) is 11.2. The molecule has 2 heterocycles. The summed E-state index contributed by atoms with van der Waals surface area (Å²) in [6, 6.07) is 9.92. The highest BCUT2D eigenvalue weighted by Crippen LogP contribution is 2.29. The van der Waals surface area contributed by atoms with Crippen molar-refractivity contribution in [2.24, 2.45) is 0 Å². The average molecular weight is 318 g/mol. The first kappa shape index (κ1) is 14.2. The second-order valence-corrected chi connectivity index (χ2v) is 5.52. The standard InChI is InChI=1S/C14H10N2O5S/c1-8(13-15-9-4-2-3-5-11(9)22-13)20-14(17)10-6-7-12(21-10)16(18)19/h2-8H,1H3/t8-/m1/s1. The van der Waals surface area contributed by atoms with E-state index in [1.165, 1.54) is 17.4 Å². The quantitative estimate of drug-likeness (QED) is 0.413. The zero-order valence-corrected chi connectivity index (χ0v) is 12.2. The number of ether oxygens (including phenoxy) is 1. The normalized spacial score (nSPS) is 12.2. The minimum Gasteiger partial charge on any atom is -0.449 e. The molecule has 0 aliphatic heterocycles. The molecule has 8 heteroatoms. The number of para-hydroxylation sites is 1. The zero-order valence-electron chi connectivity index (χ0n) is 11.4. The number of hydrogen-bond acceptors (Lipinski definition) is 7. The van der Waals surface area contributed by atoms with Gasteiger partial charge in [-0.05, 0) is 25.1 Å². The number of nitro groups is 1. The molecule has 0 saturated heterocycles. The van der Waals surface area contributed by atoms with Crippen LogP contribution in [0.4, 0.5) is 5.88 Å². The molecular formula is C14H10N2O5S. The Morgan fingerprint density at radius 3 is 2.82 bits per heavy atom. The van der Waals surface area contributed by atoms with Gasteiger partial charge >= 0.3 is 11.9 Å². The van der Waals surface area contributed by atoms with Gasteiger partial charge in [-0.3, -0.25) is 10.1 Å². The second-order valence-electron chi connectivity index (χ2n) is 4.46. The van der Waals surface area contributed by atoms with Gasteiger partial charge in [0.1, 0.15) is 9.93 Å². The van der Waals surface area contributed by atoms with Crippen molar-refractivity contribution in [2.75, 3.05) is 0 Å². The molecule has 22 heavy (non-hydrogen) atoms. The number of rotatable bonds is 4. The maximum atomic E-state index is 11.9. The molecule has 1 atom stereocenters. The smallest absolute Gasteiger partial charge is 0.433 e. The van der Waals surface area contributed by atoms with E-state index in [1.807, 2.05) is 24.3 Å². The maximum Gasteiger partial charge on any atom is 0.433 e. The van der Waals surface area contributed by atoms with E-state index in [2.05, 4.69) is 4.98 Å². The molecule has 0 aliphatic rings. The average Bonchev–Trinajstić information content (AvgIpc) is 3.14. The first-order valence-electron chi connectivity index (χ1n) is 6.35. The predicted molar refractivity (Wildman–Crippen MR) is 78.8 cm³/mol. The summed E-state index contributed by atoms with van der Waals surface area (Å²) in [7, 11) is 0. The van der Waals surface area contributed by atoms with Crippen LogP contribution in [0, 0.1) is 10.1 Å². The van der Waals surface area contributed by atoms with Crippen molar-refractivity contribution in [3.63, 3.8) is 0 Å². The van der Waals surface area contributed by atoms with Gasteiger partial charge < -0.3 is 9.15 Å². The molecule has 112 valence electrons. The van der Waals surface area contributed by atoms with Crippen LogP contribution in [0.5, 0.6) is 0 Å². The highest BCUT2D eigenvalue weighted by Gasteiger charge is 2.22. The third-order valence-corrected chi connectivity index (χ3v) is 4.11. The molecule has 0 aliphatic carbocycles. The van der Waals surface area contributed by atoms with E-state index in [0.717, 1.165) is 16.3 Å². The Balaban J connectivity index is 1.76. The number of esters is 1. The van der Waals surface area contributed by atoms with Gasteiger partial charge in [0.15, 0.2) is 6.10 Å². The van der Waals surface area contributed by atoms with Crippen molar-refractivity contribution in [1.29, 1.82) is 0 Å². The number of carbonyl (C=O) groups is 1. The lowest BCUT2D eigenvalue weighted by atomic mass is 10.3. The topological polar surface area (TPSA) is 95.5 Å². The summed E-state index contributed by atoms with van der Waals surface area (Å²) in [6.07, 6.45) is -0.575. The molecular weight excluding hydrogens is 308 g/mol. The molecule has 0 amide bonds. The van der Waals surface area contributed by atoms with Crippen LogP contribution in [0.3, 0.4) is 0 Å². The molecule has 7 nitrogen and oxygen atoms in total. The van der Waals surface area contributed by atoms with E-state index in [9.17, 15) is 14.9 Å². The Morgan fingerprint density at radius 1 is 1.36 bits per heavy atom. The highest BCUT2D eigenvalue weighted by molar-refractivity contribution is 7.18. The Bertz CT molecular complexity index is 821. The molecule has 0 bridgehead atoms. The van der Waals surface area contributed by atoms with Crippen molar-refractivity contribution < 1.29 is 18.9 Å². The molecule has 0 radical (unpaired) electrons. The van der Waals surface area contributed by atoms with Gasteiger partial charge in [-0.1, -0.05) is 12.1 Å². The molecule has 0 saturated carbocycles. The first-order valence-corrected chi connectivity index (χ1v) is 7.17. The molecule has 2 aromatic heterocycles. The van der Waals surface area contributed by atoms with E-state index in [0.29, 0.717) is 5.01 Å². The van der Waals surface area contributed by atoms with Crippen LogP contribution in [0.2, 0.25) is 0 Å². The molecule has 3 rings (SSSR count). The molecule has 3 aromatic rings. The molecule has 0 unspecified atom stereocenters. The number of hydrogen-bond donors (Lipinski definition) is 0. The third kappa shape index (κ3) is 2.68. The van der Waals surface area contributed by atoms with Gasteiger partial charge in [-0.25, -0.2) is 9.78 Å². The van der Waals surface area contributed by atoms with Crippen LogP contribution in [-0.4, -0.2) is 15.9 Å². The first-order chi connectivity index (χ1) is 10.5. The summed E-state index contributed by atoms with van der Waals surface area (Å²) < 4.78 is 11.0. The zero-order chi connectivity index (χ0) is 15.7. The van der Waals surface area contributed by atoms with E-state index < -0.39 is 22.9 Å². The summed E-state index contributed by atoms with van der Waals surface area (Å²) in [5.74, 6) is -1.47. The van der Waals surface area contributed by atoms with Crippen molar-refractivity contribution >= 4 is 33.4 Å². The number of thiazole rings is 1. The van der Waals surface area contributed by atoms with Crippen molar-refractivity contribution in [3.05, 3.63) is 57.3 Å². The van der Waals surface area contributed by atoms with E-state index in [4.69, 9.17) is 9.15 Å².